The quantitative estimate of drug-likeness (QED) is 0.221. The molecule has 60 heavy (non-hydrogen) atoms. The number of carbonyl (C=O) groups is 4. The van der Waals surface area contributed by atoms with Crippen molar-refractivity contribution in [2.75, 3.05) is 85.8 Å². The molecular weight excluding hydrogens is 772 g/mol. The molecule has 17 nitrogen and oxygen atoms in total. The Morgan fingerprint density at radius 2 is 1.67 bits per heavy atom. The topological polar surface area (TPSA) is 174 Å². The van der Waals surface area contributed by atoms with E-state index in [1.807, 2.05) is 29.9 Å². The fourth-order valence-electron chi connectivity index (χ4n) is 8.45. The first-order chi connectivity index (χ1) is 32.1. The molecule has 2 N–H and O–H groups in total. The molecule has 4 fully saturated rings. The van der Waals surface area contributed by atoms with E-state index in [-0.39, 0.29) is 36.4 Å². The maximum Gasteiger partial charge on any atom is 0.265 e. The fourth-order valence-corrected chi connectivity index (χ4v) is 8.45. The number of ether oxygens (including phenoxy) is 1. The first-order valence-corrected chi connectivity index (χ1v) is 20.2. The van der Waals surface area contributed by atoms with Gasteiger partial charge in [0.25, 0.3) is 11.8 Å². The second kappa shape index (κ2) is 16.4. The number of anilines is 5. The van der Waals surface area contributed by atoms with Crippen LogP contribution < -0.4 is 25.3 Å². The molecule has 0 aliphatic carbocycles. The number of halogens is 1. The zero-order valence-corrected chi connectivity index (χ0v) is 33.4. The molecule has 5 aliphatic heterocycles. The number of piperidine rings is 3. The summed E-state index contributed by atoms with van der Waals surface area (Å²) in [5, 5.41) is 11.1. The van der Waals surface area contributed by atoms with E-state index >= 15 is 4.39 Å². The maximum absolute atomic E-state index is 15.9. The van der Waals surface area contributed by atoms with Gasteiger partial charge in [-0.3, -0.25) is 39.0 Å². The predicted octanol–water partition coefficient (Wildman–Crippen LogP) is 3.74. The normalized spacial score (nSPS) is 26.4. The smallest absolute Gasteiger partial charge is 0.265 e. The van der Waals surface area contributed by atoms with Gasteiger partial charge in [0.1, 0.15) is 23.5 Å². The molecule has 5 aliphatic rings. The highest BCUT2D eigenvalue weighted by atomic mass is 19.1. The molecule has 0 saturated carbocycles. The Morgan fingerprint density at radius 3 is 2.38 bits per heavy atom. The summed E-state index contributed by atoms with van der Waals surface area (Å²) in [6, 6.07) is 3.54. The number of methoxy groups -OCH3 is 1. The third kappa shape index (κ3) is 7.61. The van der Waals surface area contributed by atoms with Crippen LogP contribution in [0.5, 0.6) is 0 Å². The van der Waals surface area contributed by atoms with E-state index in [0.29, 0.717) is 65.2 Å². The number of pyridine rings is 1. The lowest BCUT2D eigenvalue weighted by molar-refractivity contribution is -0.136. The standard InChI is InChI=1S/C42H51FN12O5/c1-25(2)55-33-22-35(46-34-6-11-44-42(47-34)53-14-9-28(60-3)10-15-53)45-23-30(33)38(49-55)52-12-7-26(8-13-52)24-50-16-18-51(19-17-50)27-20-29-37(31(43)21-27)41(59)54(40(29)58)32-4-5-36(56)48-39(32)57/h6,11,20-23,25-26,28,32H,4-5,7-10,12-19,24H2,1-3H3,(H,48,56,57)(H,44,45,46,47)/i16D2,17D2,18D2,19D2. The van der Waals surface area contributed by atoms with E-state index < -0.39 is 84.2 Å². The molecule has 9 rings (SSSR count). The van der Waals surface area contributed by atoms with E-state index in [9.17, 15) is 19.2 Å². The van der Waals surface area contributed by atoms with Crippen molar-refractivity contribution in [2.45, 2.75) is 70.6 Å². The van der Waals surface area contributed by atoms with Gasteiger partial charge in [-0.25, -0.2) is 14.4 Å². The maximum atomic E-state index is 15.9. The highest BCUT2D eigenvalue weighted by Crippen LogP contribution is 2.35. The number of amides is 4. The number of nitrogens with one attached hydrogen (secondary N) is 2. The third-order valence-electron chi connectivity index (χ3n) is 11.7. The van der Waals surface area contributed by atoms with Crippen LogP contribution in [0.1, 0.15) is 90.1 Å². The predicted molar refractivity (Wildman–Crippen MR) is 222 cm³/mol. The van der Waals surface area contributed by atoms with Crippen molar-refractivity contribution in [3.8, 4) is 0 Å². The van der Waals surface area contributed by atoms with Gasteiger partial charge >= 0.3 is 0 Å². The van der Waals surface area contributed by atoms with Crippen molar-refractivity contribution in [2.24, 2.45) is 5.92 Å². The van der Waals surface area contributed by atoms with Crippen LogP contribution >= 0.6 is 0 Å². The van der Waals surface area contributed by atoms with Gasteiger partial charge in [-0.05, 0) is 70.1 Å². The van der Waals surface area contributed by atoms with Crippen LogP contribution in [0, 0.1) is 11.7 Å². The monoisotopic (exact) mass is 830 g/mol. The highest BCUT2D eigenvalue weighted by Gasteiger charge is 2.46. The molecule has 0 bridgehead atoms. The number of benzene rings is 1. The molecule has 4 saturated heterocycles. The first kappa shape index (κ1) is 31.2. The minimum atomic E-state index is -3.40. The fraction of sp³-hybridized carbons (Fsp3) is 0.524. The summed E-state index contributed by atoms with van der Waals surface area (Å²) in [6.45, 7) is -7.32. The number of aromatic nitrogens is 5. The van der Waals surface area contributed by atoms with E-state index in [0.717, 1.165) is 42.9 Å². The van der Waals surface area contributed by atoms with E-state index in [1.165, 1.54) is 0 Å². The average molecular weight is 831 g/mol. The number of nitrogens with zero attached hydrogens (tertiary/aromatic N) is 10. The molecule has 0 radical (unpaired) electrons. The van der Waals surface area contributed by atoms with Crippen LogP contribution in [0.4, 0.5) is 33.5 Å². The number of hydrogen-bond acceptors (Lipinski definition) is 14. The number of fused-ring (bicyclic) bond motifs is 2. The molecule has 8 heterocycles. The first-order valence-electron chi connectivity index (χ1n) is 24.2. The number of carbonyl (C=O) groups excluding carboxylic acids is 4. The van der Waals surface area contributed by atoms with Crippen LogP contribution in [0.3, 0.4) is 0 Å². The van der Waals surface area contributed by atoms with Crippen molar-refractivity contribution in [1.82, 2.24) is 39.8 Å². The Balaban J connectivity index is 0.911. The Labute approximate surface area is 358 Å². The zero-order chi connectivity index (χ0) is 48.8. The molecule has 4 amide bonds. The third-order valence-corrected chi connectivity index (χ3v) is 11.7. The van der Waals surface area contributed by atoms with Gasteiger partial charge in [-0.15, -0.1) is 0 Å². The summed E-state index contributed by atoms with van der Waals surface area (Å²) in [5.41, 5.74) is -1.35. The Bertz CT molecular complexity index is 2670. The van der Waals surface area contributed by atoms with Gasteiger partial charge in [-0.2, -0.15) is 10.1 Å². The molecule has 0 spiro atoms. The molecule has 316 valence electrons. The molecule has 4 aromatic rings. The average Bonchev–Trinajstić information content (AvgIpc) is 3.79. The lowest BCUT2D eigenvalue weighted by atomic mass is 9.95. The van der Waals surface area contributed by atoms with Crippen molar-refractivity contribution in [3.05, 3.63) is 53.6 Å². The summed E-state index contributed by atoms with van der Waals surface area (Å²) in [7, 11) is 1.72. The number of imide groups is 2. The Kier molecular flexibility index (Phi) is 8.50. The lowest BCUT2D eigenvalue weighted by Crippen LogP contribution is -2.54. The summed E-state index contributed by atoms with van der Waals surface area (Å²) < 4.78 is 95.9. The van der Waals surface area contributed by atoms with Gasteiger partial charge in [0.2, 0.25) is 17.8 Å². The summed E-state index contributed by atoms with van der Waals surface area (Å²) in [4.78, 5) is 70.6. The Morgan fingerprint density at radius 1 is 0.917 bits per heavy atom. The molecule has 3 aromatic heterocycles. The summed E-state index contributed by atoms with van der Waals surface area (Å²) in [5.74, 6) is -3.34. The Hall–Kier alpha value is -5.75. The van der Waals surface area contributed by atoms with Gasteiger partial charge in [0.15, 0.2) is 5.82 Å². The van der Waals surface area contributed by atoms with E-state index in [4.69, 9.17) is 30.8 Å². The van der Waals surface area contributed by atoms with Crippen LogP contribution in [0.15, 0.2) is 36.7 Å². The minimum absolute atomic E-state index is 0.0309. The van der Waals surface area contributed by atoms with Crippen LogP contribution in [-0.4, -0.2) is 136 Å². The van der Waals surface area contributed by atoms with Crippen LogP contribution in [-0.2, 0) is 14.3 Å². The van der Waals surface area contributed by atoms with Crippen LogP contribution in [0.25, 0.3) is 10.9 Å². The van der Waals surface area contributed by atoms with Crippen molar-refractivity contribution in [1.29, 1.82) is 0 Å². The van der Waals surface area contributed by atoms with Crippen LogP contribution in [0.2, 0.25) is 0 Å². The van der Waals surface area contributed by atoms with E-state index in [2.05, 4.69) is 20.1 Å². The van der Waals surface area contributed by atoms with Gasteiger partial charge < -0.3 is 24.8 Å². The number of piperazine rings is 1. The van der Waals surface area contributed by atoms with Gasteiger partial charge in [0.05, 0.1) is 33.6 Å². The minimum Gasteiger partial charge on any atom is -0.381 e. The number of rotatable bonds is 10. The highest BCUT2D eigenvalue weighted by molar-refractivity contribution is 6.24. The van der Waals surface area contributed by atoms with Crippen molar-refractivity contribution >= 4 is 63.6 Å². The van der Waals surface area contributed by atoms with E-state index in [1.54, 1.807) is 25.6 Å². The molecule has 1 aromatic carbocycles. The van der Waals surface area contributed by atoms with Crippen molar-refractivity contribution in [3.63, 3.8) is 0 Å². The molecule has 1 atom stereocenters. The lowest BCUT2D eigenvalue weighted by Gasteiger charge is -2.39. The van der Waals surface area contributed by atoms with Gasteiger partial charge in [-0.1, -0.05) is 0 Å². The second-order valence-corrected chi connectivity index (χ2v) is 15.9. The zero-order valence-electron chi connectivity index (χ0n) is 41.4. The molecule has 18 heteroatoms. The largest absolute Gasteiger partial charge is 0.381 e. The summed E-state index contributed by atoms with van der Waals surface area (Å²) in [6.07, 6.45) is 5.78. The van der Waals surface area contributed by atoms with Crippen molar-refractivity contribution < 1.29 is 39.3 Å². The molecular formula is C42H51FN12O5. The second-order valence-electron chi connectivity index (χ2n) is 15.9. The summed E-state index contributed by atoms with van der Waals surface area (Å²) >= 11 is 0. The SMILES string of the molecule is [2H]C1([2H])N(CC2CCN(c3nn(C(C)C)c4cc(Nc5ccnc(N6CCC(OC)CC6)n5)ncc34)CC2)C([2H])([2H])C([2H])([2H])N(c2cc(F)c3c(c2)C(=O)N(C2CCC(=O)NC2=O)C3=O)C1([2H])[2H]. The van der Waals surface area contributed by atoms with Gasteiger partial charge in [0, 0.05) is 108 Å². The number of hydrogen-bond donors (Lipinski definition) is 2. The molecule has 1 unspecified atom stereocenters.